The molecule has 1 aliphatic heterocycles. The molecule has 1 atom stereocenters. The van der Waals surface area contributed by atoms with E-state index >= 15 is 0 Å². The molecule has 3 rings (SSSR count). The largest absolute Gasteiger partial charge is 0.497 e. The first-order valence-electron chi connectivity index (χ1n) is 7.33. The highest BCUT2D eigenvalue weighted by Crippen LogP contribution is 2.33. The first kappa shape index (κ1) is 14.0. The molecular weight excluding hydrogens is 260 g/mol. The summed E-state index contributed by atoms with van der Waals surface area (Å²) in [6, 6.07) is 17.6. The standard InChI is InChI=1S/C18H22N2O/c1-14-5-4-6-16(11-14)20-13-19(2)12-18(20)15-7-9-17(21-3)10-8-15/h4-11,18H,12-13H2,1-3H3. The van der Waals surface area contributed by atoms with Crippen molar-refractivity contribution < 1.29 is 4.74 Å². The van der Waals surface area contributed by atoms with Gasteiger partial charge < -0.3 is 9.64 Å². The molecule has 1 fully saturated rings. The van der Waals surface area contributed by atoms with Crippen LogP contribution in [0.15, 0.2) is 48.5 Å². The predicted octanol–water partition coefficient (Wildman–Crippen LogP) is 3.45. The van der Waals surface area contributed by atoms with Gasteiger partial charge in [0.1, 0.15) is 5.75 Å². The molecule has 21 heavy (non-hydrogen) atoms. The van der Waals surface area contributed by atoms with Gasteiger partial charge in [-0.2, -0.15) is 0 Å². The van der Waals surface area contributed by atoms with Gasteiger partial charge in [0.15, 0.2) is 0 Å². The molecule has 110 valence electrons. The molecule has 1 aliphatic rings. The quantitative estimate of drug-likeness (QED) is 0.857. The van der Waals surface area contributed by atoms with E-state index in [0.717, 1.165) is 19.0 Å². The second kappa shape index (κ2) is 5.78. The highest BCUT2D eigenvalue weighted by atomic mass is 16.5. The van der Waals surface area contributed by atoms with E-state index in [1.54, 1.807) is 7.11 Å². The highest BCUT2D eigenvalue weighted by molar-refractivity contribution is 5.52. The van der Waals surface area contributed by atoms with Crippen molar-refractivity contribution in [3.63, 3.8) is 0 Å². The van der Waals surface area contributed by atoms with Crippen molar-refractivity contribution in [3.8, 4) is 5.75 Å². The number of hydrogen-bond acceptors (Lipinski definition) is 3. The Morgan fingerprint density at radius 2 is 1.86 bits per heavy atom. The fourth-order valence-electron chi connectivity index (χ4n) is 2.99. The van der Waals surface area contributed by atoms with E-state index in [2.05, 4.69) is 60.2 Å². The van der Waals surface area contributed by atoms with Crippen LogP contribution in [-0.2, 0) is 0 Å². The van der Waals surface area contributed by atoms with E-state index in [4.69, 9.17) is 4.74 Å². The Bertz CT molecular complexity index is 609. The summed E-state index contributed by atoms with van der Waals surface area (Å²) >= 11 is 0. The average Bonchev–Trinajstić information content (AvgIpc) is 2.89. The molecule has 3 nitrogen and oxygen atoms in total. The molecule has 0 N–H and O–H groups in total. The van der Waals surface area contributed by atoms with Gasteiger partial charge in [-0.1, -0.05) is 24.3 Å². The Morgan fingerprint density at radius 3 is 2.52 bits per heavy atom. The van der Waals surface area contributed by atoms with Crippen LogP contribution >= 0.6 is 0 Å². The fraction of sp³-hybridized carbons (Fsp3) is 0.333. The van der Waals surface area contributed by atoms with Crippen LogP contribution < -0.4 is 9.64 Å². The summed E-state index contributed by atoms with van der Waals surface area (Å²) in [6.07, 6.45) is 0. The Hall–Kier alpha value is -2.00. The van der Waals surface area contributed by atoms with E-state index in [1.165, 1.54) is 16.8 Å². The van der Waals surface area contributed by atoms with Gasteiger partial charge in [0.05, 0.1) is 19.8 Å². The van der Waals surface area contributed by atoms with Gasteiger partial charge in [-0.05, 0) is 49.4 Å². The number of nitrogens with zero attached hydrogens (tertiary/aromatic N) is 2. The second-order valence-electron chi connectivity index (χ2n) is 5.78. The maximum atomic E-state index is 5.26. The molecule has 0 spiro atoms. The third-order valence-corrected chi connectivity index (χ3v) is 4.09. The molecule has 0 aliphatic carbocycles. The minimum atomic E-state index is 0.391. The molecule has 1 unspecified atom stereocenters. The maximum absolute atomic E-state index is 5.26. The van der Waals surface area contributed by atoms with Crippen LogP contribution in [0.4, 0.5) is 5.69 Å². The van der Waals surface area contributed by atoms with Crippen LogP contribution in [0.25, 0.3) is 0 Å². The van der Waals surface area contributed by atoms with Gasteiger partial charge in [0.25, 0.3) is 0 Å². The summed E-state index contributed by atoms with van der Waals surface area (Å²) in [6.45, 7) is 4.14. The lowest BCUT2D eigenvalue weighted by Crippen LogP contribution is -2.24. The van der Waals surface area contributed by atoms with Gasteiger partial charge in [0, 0.05) is 12.2 Å². The van der Waals surface area contributed by atoms with E-state index in [1.807, 2.05) is 12.1 Å². The molecule has 2 aromatic carbocycles. The van der Waals surface area contributed by atoms with Crippen LogP contribution in [0.5, 0.6) is 5.75 Å². The van der Waals surface area contributed by atoms with Crippen molar-refractivity contribution in [2.75, 3.05) is 32.3 Å². The summed E-state index contributed by atoms with van der Waals surface area (Å²) in [4.78, 5) is 4.83. The SMILES string of the molecule is COc1ccc(C2CN(C)CN2c2cccc(C)c2)cc1. The number of aryl methyl sites for hydroxylation is 1. The first-order chi connectivity index (χ1) is 10.2. The normalized spacial score (nSPS) is 19.0. The lowest BCUT2D eigenvalue weighted by atomic mass is 10.1. The van der Waals surface area contributed by atoms with Gasteiger partial charge in [-0.3, -0.25) is 4.90 Å². The van der Waals surface area contributed by atoms with Crippen molar-refractivity contribution in [3.05, 3.63) is 59.7 Å². The van der Waals surface area contributed by atoms with Crippen LogP contribution in [0, 0.1) is 6.92 Å². The zero-order chi connectivity index (χ0) is 14.8. The number of likely N-dealkylation sites (N-methyl/N-ethyl adjacent to an activating group) is 1. The fourth-order valence-corrected chi connectivity index (χ4v) is 2.99. The van der Waals surface area contributed by atoms with Crippen molar-refractivity contribution in [2.45, 2.75) is 13.0 Å². The molecule has 0 bridgehead atoms. The van der Waals surface area contributed by atoms with E-state index in [-0.39, 0.29) is 0 Å². The molecule has 0 saturated carbocycles. The average molecular weight is 282 g/mol. The third kappa shape index (κ3) is 2.88. The monoisotopic (exact) mass is 282 g/mol. The number of methoxy groups -OCH3 is 1. The molecule has 0 amide bonds. The molecule has 0 aromatic heterocycles. The molecular formula is C18H22N2O. The lowest BCUT2D eigenvalue weighted by molar-refractivity contribution is 0.410. The van der Waals surface area contributed by atoms with E-state index < -0.39 is 0 Å². The third-order valence-electron chi connectivity index (χ3n) is 4.09. The zero-order valence-corrected chi connectivity index (χ0v) is 12.9. The number of anilines is 1. The number of hydrogen-bond donors (Lipinski definition) is 0. The van der Waals surface area contributed by atoms with Crippen LogP contribution in [0.3, 0.4) is 0 Å². The van der Waals surface area contributed by atoms with Crippen LogP contribution in [-0.4, -0.2) is 32.3 Å². The molecule has 1 saturated heterocycles. The van der Waals surface area contributed by atoms with Crippen molar-refractivity contribution >= 4 is 5.69 Å². The molecule has 1 heterocycles. The maximum Gasteiger partial charge on any atom is 0.118 e. The summed E-state index contributed by atoms with van der Waals surface area (Å²) < 4.78 is 5.26. The van der Waals surface area contributed by atoms with Crippen molar-refractivity contribution in [2.24, 2.45) is 0 Å². The first-order valence-corrected chi connectivity index (χ1v) is 7.33. The number of benzene rings is 2. The van der Waals surface area contributed by atoms with E-state index in [0.29, 0.717) is 6.04 Å². The zero-order valence-electron chi connectivity index (χ0n) is 12.9. The van der Waals surface area contributed by atoms with Gasteiger partial charge in [-0.15, -0.1) is 0 Å². The smallest absolute Gasteiger partial charge is 0.118 e. The summed E-state index contributed by atoms with van der Waals surface area (Å²) in [5.74, 6) is 0.909. The lowest BCUT2D eigenvalue weighted by Gasteiger charge is -2.26. The summed E-state index contributed by atoms with van der Waals surface area (Å²) in [7, 11) is 3.88. The summed E-state index contributed by atoms with van der Waals surface area (Å²) in [5, 5.41) is 0. The highest BCUT2D eigenvalue weighted by Gasteiger charge is 2.29. The second-order valence-corrected chi connectivity index (χ2v) is 5.78. The molecule has 0 radical (unpaired) electrons. The van der Waals surface area contributed by atoms with Gasteiger partial charge >= 0.3 is 0 Å². The minimum absolute atomic E-state index is 0.391. The van der Waals surface area contributed by atoms with Gasteiger partial charge in [-0.25, -0.2) is 0 Å². The topological polar surface area (TPSA) is 15.7 Å². The molecule has 3 heteroatoms. The number of ether oxygens (including phenoxy) is 1. The Balaban J connectivity index is 1.91. The van der Waals surface area contributed by atoms with E-state index in [9.17, 15) is 0 Å². The Kier molecular flexibility index (Phi) is 3.84. The van der Waals surface area contributed by atoms with Crippen LogP contribution in [0.2, 0.25) is 0 Å². The number of rotatable bonds is 3. The minimum Gasteiger partial charge on any atom is -0.497 e. The van der Waals surface area contributed by atoms with Crippen molar-refractivity contribution in [1.29, 1.82) is 0 Å². The van der Waals surface area contributed by atoms with Crippen molar-refractivity contribution in [1.82, 2.24) is 4.90 Å². The van der Waals surface area contributed by atoms with Crippen LogP contribution in [0.1, 0.15) is 17.2 Å². The Morgan fingerprint density at radius 1 is 1.10 bits per heavy atom. The summed E-state index contributed by atoms with van der Waals surface area (Å²) in [5.41, 5.74) is 3.93. The molecule has 2 aromatic rings. The van der Waals surface area contributed by atoms with Gasteiger partial charge in [0.2, 0.25) is 0 Å². The predicted molar refractivity (Wildman–Crippen MR) is 86.9 cm³/mol. The Labute approximate surface area is 126 Å².